The number of anilines is 1. The number of sulfonamides is 1. The summed E-state index contributed by atoms with van der Waals surface area (Å²) in [7, 11) is -3.82. The van der Waals surface area contributed by atoms with Gasteiger partial charge in [0.1, 0.15) is 6.17 Å². The predicted molar refractivity (Wildman–Crippen MR) is 104 cm³/mol. The highest BCUT2D eigenvalue weighted by molar-refractivity contribution is 7.89. The lowest BCUT2D eigenvalue weighted by Crippen LogP contribution is -2.49. The summed E-state index contributed by atoms with van der Waals surface area (Å²) in [6.07, 6.45) is -1.11. The Morgan fingerprint density at radius 1 is 1.08 bits per heavy atom. The second-order valence-electron chi connectivity index (χ2n) is 5.17. The molecule has 1 atom stereocenters. The van der Waals surface area contributed by atoms with Crippen LogP contribution in [-0.4, -0.2) is 24.3 Å². The predicted octanol–water partition coefficient (Wildman–Crippen LogP) is 3.53. The van der Waals surface area contributed by atoms with E-state index in [0.717, 1.165) is 0 Å². The molecule has 0 radical (unpaired) electrons. The summed E-state index contributed by atoms with van der Waals surface area (Å²) in [6, 6.07) is 11.7. The number of carbonyl (C=O) groups excluding carboxylic acids is 1. The minimum Gasteiger partial charge on any atom is -0.362 e. The van der Waals surface area contributed by atoms with Crippen molar-refractivity contribution < 1.29 is 13.2 Å². The molecule has 0 aromatic heterocycles. The van der Waals surface area contributed by atoms with Gasteiger partial charge in [0.2, 0.25) is 13.8 Å². The molecule has 2 rings (SSSR count). The topological polar surface area (TPSA) is 101 Å². The summed E-state index contributed by atoms with van der Waals surface area (Å²) < 4.78 is 20.7. The molecule has 26 heavy (non-hydrogen) atoms. The molecule has 0 spiro atoms. The van der Waals surface area contributed by atoms with Crippen LogP contribution >= 0.6 is 46.4 Å². The second kappa shape index (κ2) is 8.21. The van der Waals surface area contributed by atoms with E-state index in [1.807, 2.05) is 0 Å². The number of carbonyl (C=O) groups is 1. The van der Waals surface area contributed by atoms with Crippen LogP contribution in [0.5, 0.6) is 0 Å². The van der Waals surface area contributed by atoms with Gasteiger partial charge in [-0.2, -0.15) is 0 Å². The van der Waals surface area contributed by atoms with E-state index >= 15 is 0 Å². The van der Waals surface area contributed by atoms with Crippen molar-refractivity contribution in [3.05, 3.63) is 59.1 Å². The van der Waals surface area contributed by atoms with Gasteiger partial charge in [0.15, 0.2) is 0 Å². The number of rotatable bonds is 5. The summed E-state index contributed by atoms with van der Waals surface area (Å²) in [5, 5.41) is 10.8. The summed E-state index contributed by atoms with van der Waals surface area (Å²) in [5.74, 6) is -0.516. The van der Waals surface area contributed by atoms with Crippen LogP contribution in [0.4, 0.5) is 5.69 Å². The third-order valence-electron chi connectivity index (χ3n) is 3.18. The Morgan fingerprint density at radius 3 is 2.19 bits per heavy atom. The number of benzene rings is 2. The largest absolute Gasteiger partial charge is 0.362 e. The van der Waals surface area contributed by atoms with E-state index in [-0.39, 0.29) is 10.5 Å². The lowest BCUT2D eigenvalue weighted by Gasteiger charge is -2.27. The molecule has 0 aliphatic carbocycles. The van der Waals surface area contributed by atoms with Gasteiger partial charge in [0.25, 0.3) is 5.91 Å². The molecule has 6 nitrogen and oxygen atoms in total. The highest BCUT2D eigenvalue weighted by Gasteiger charge is 2.34. The van der Waals surface area contributed by atoms with Crippen LogP contribution in [-0.2, 0) is 10.0 Å². The molecule has 2 aromatic rings. The van der Waals surface area contributed by atoms with E-state index in [1.54, 1.807) is 18.2 Å². The molecule has 0 heterocycles. The monoisotopic (exact) mass is 455 g/mol. The average molecular weight is 457 g/mol. The molecule has 0 aliphatic rings. The van der Waals surface area contributed by atoms with Crippen LogP contribution < -0.4 is 15.8 Å². The molecular weight excluding hydrogens is 444 g/mol. The van der Waals surface area contributed by atoms with Gasteiger partial charge in [-0.05, 0) is 42.5 Å². The van der Waals surface area contributed by atoms with Crippen molar-refractivity contribution in [3.8, 4) is 0 Å². The SMILES string of the molecule is NS(=O)(=O)c1ccc(NC(NC(=O)c2cccc(Cl)c2)C(Cl)(Cl)Cl)cc1. The van der Waals surface area contributed by atoms with Crippen molar-refractivity contribution in [2.45, 2.75) is 14.9 Å². The Hall–Kier alpha value is -1.22. The van der Waals surface area contributed by atoms with Crippen LogP contribution in [0.15, 0.2) is 53.4 Å². The van der Waals surface area contributed by atoms with Crippen molar-refractivity contribution in [2.75, 3.05) is 5.32 Å². The molecule has 0 bridgehead atoms. The van der Waals surface area contributed by atoms with E-state index in [9.17, 15) is 13.2 Å². The zero-order chi connectivity index (χ0) is 19.5. The molecular formula is C15H13Cl4N3O3S. The van der Waals surface area contributed by atoms with Gasteiger partial charge in [0, 0.05) is 16.3 Å². The Labute approximate surface area is 170 Å². The van der Waals surface area contributed by atoms with Crippen LogP contribution in [0.2, 0.25) is 5.02 Å². The van der Waals surface area contributed by atoms with Gasteiger partial charge in [0.05, 0.1) is 4.90 Å². The third kappa shape index (κ3) is 5.90. The fourth-order valence-corrected chi connectivity index (χ4v) is 2.98. The maximum Gasteiger partial charge on any atom is 0.253 e. The molecule has 0 aliphatic heterocycles. The van der Waals surface area contributed by atoms with Crippen molar-refractivity contribution in [2.24, 2.45) is 5.14 Å². The van der Waals surface area contributed by atoms with Crippen molar-refractivity contribution in [3.63, 3.8) is 0 Å². The lowest BCUT2D eigenvalue weighted by atomic mass is 10.2. The van der Waals surface area contributed by atoms with Gasteiger partial charge in [-0.3, -0.25) is 4.79 Å². The smallest absolute Gasteiger partial charge is 0.253 e. The normalized spacial score (nSPS) is 13.1. The molecule has 2 aromatic carbocycles. The standard InChI is InChI=1S/C15H13Cl4N3O3S/c16-10-3-1-2-9(8-10)13(23)22-14(15(17,18)19)21-11-4-6-12(7-5-11)26(20,24)25/h1-8,14,21H,(H,22,23)(H2,20,24,25). The molecule has 4 N–H and O–H groups in total. The zero-order valence-corrected chi connectivity index (χ0v) is 16.8. The molecule has 0 fully saturated rings. The van der Waals surface area contributed by atoms with E-state index in [4.69, 9.17) is 51.5 Å². The summed E-state index contributed by atoms with van der Waals surface area (Å²) in [6.45, 7) is 0. The molecule has 11 heteroatoms. The van der Waals surface area contributed by atoms with Gasteiger partial charge >= 0.3 is 0 Å². The van der Waals surface area contributed by atoms with Crippen molar-refractivity contribution in [1.82, 2.24) is 5.32 Å². The molecule has 0 saturated carbocycles. The number of hydrogen-bond donors (Lipinski definition) is 3. The molecule has 1 unspecified atom stereocenters. The highest BCUT2D eigenvalue weighted by atomic mass is 35.6. The highest BCUT2D eigenvalue weighted by Crippen LogP contribution is 2.31. The number of nitrogens with two attached hydrogens (primary N) is 1. The van der Waals surface area contributed by atoms with E-state index in [0.29, 0.717) is 10.7 Å². The first-order valence-corrected chi connectivity index (χ1v) is 10.1. The molecule has 1 amide bonds. The summed E-state index contributed by atoms with van der Waals surface area (Å²) in [5.41, 5.74) is 0.684. The third-order valence-corrected chi connectivity index (χ3v) is 5.00. The van der Waals surface area contributed by atoms with E-state index in [1.165, 1.54) is 30.3 Å². The van der Waals surface area contributed by atoms with Gasteiger partial charge < -0.3 is 10.6 Å². The van der Waals surface area contributed by atoms with Crippen molar-refractivity contribution >= 4 is 68.0 Å². The molecule has 140 valence electrons. The van der Waals surface area contributed by atoms with E-state index < -0.39 is 25.9 Å². The quantitative estimate of drug-likeness (QED) is 0.473. The summed E-state index contributed by atoms with van der Waals surface area (Å²) >= 11 is 23.6. The fraction of sp³-hybridized carbons (Fsp3) is 0.133. The van der Waals surface area contributed by atoms with Gasteiger partial charge in [-0.15, -0.1) is 0 Å². The fourth-order valence-electron chi connectivity index (χ4n) is 1.95. The Morgan fingerprint density at radius 2 is 1.69 bits per heavy atom. The van der Waals surface area contributed by atoms with Crippen LogP contribution in [0.1, 0.15) is 10.4 Å². The lowest BCUT2D eigenvalue weighted by molar-refractivity contribution is 0.0942. The number of halogens is 4. The minimum absolute atomic E-state index is 0.0727. The number of nitrogens with one attached hydrogen (secondary N) is 2. The number of amides is 1. The van der Waals surface area contributed by atoms with Crippen LogP contribution in [0.25, 0.3) is 0 Å². The Bertz CT molecular complexity index is 899. The zero-order valence-electron chi connectivity index (χ0n) is 12.9. The van der Waals surface area contributed by atoms with Crippen LogP contribution in [0, 0.1) is 0 Å². The number of alkyl halides is 3. The number of primary sulfonamides is 1. The maximum absolute atomic E-state index is 12.3. The maximum atomic E-state index is 12.3. The first-order chi connectivity index (χ1) is 12.0. The Balaban J connectivity index is 2.19. The minimum atomic E-state index is -3.82. The van der Waals surface area contributed by atoms with Crippen molar-refractivity contribution in [1.29, 1.82) is 0 Å². The summed E-state index contributed by atoms with van der Waals surface area (Å²) in [4.78, 5) is 12.3. The van der Waals surface area contributed by atoms with Gasteiger partial charge in [-0.25, -0.2) is 13.6 Å². The van der Waals surface area contributed by atoms with Gasteiger partial charge in [-0.1, -0.05) is 52.5 Å². The van der Waals surface area contributed by atoms with Crippen LogP contribution in [0.3, 0.4) is 0 Å². The second-order valence-corrected chi connectivity index (χ2v) is 9.54. The number of hydrogen-bond acceptors (Lipinski definition) is 4. The average Bonchev–Trinajstić information content (AvgIpc) is 2.53. The first kappa shape index (κ1) is 21.1. The Kier molecular flexibility index (Phi) is 6.65. The van der Waals surface area contributed by atoms with E-state index in [2.05, 4.69) is 10.6 Å². The molecule has 0 saturated heterocycles. The first-order valence-electron chi connectivity index (χ1n) is 6.99.